The molecule has 0 aliphatic heterocycles. The van der Waals surface area contributed by atoms with Crippen LogP contribution in [0.1, 0.15) is 16.1 Å². The number of hydrogen-bond donors (Lipinski definition) is 2. The van der Waals surface area contributed by atoms with Gasteiger partial charge in [-0.3, -0.25) is 4.79 Å². The third kappa shape index (κ3) is 5.76. The van der Waals surface area contributed by atoms with E-state index in [-0.39, 0.29) is 5.91 Å². The molecule has 0 aliphatic rings. The molecule has 3 rings (SSSR count). The number of carbonyl (C=O) groups is 1. The van der Waals surface area contributed by atoms with Gasteiger partial charge in [0.05, 0.1) is 13.7 Å². The van der Waals surface area contributed by atoms with Crippen LogP contribution in [0.15, 0.2) is 60.7 Å². The Morgan fingerprint density at radius 2 is 1.76 bits per heavy atom. The summed E-state index contributed by atoms with van der Waals surface area (Å²) in [6, 6.07) is 18.7. The number of rotatable bonds is 9. The smallest absolute Gasteiger partial charge is 0.270 e. The van der Waals surface area contributed by atoms with E-state index >= 15 is 0 Å². The maximum absolute atomic E-state index is 12.7. The van der Waals surface area contributed by atoms with Crippen molar-refractivity contribution < 1.29 is 14.3 Å². The normalized spacial score (nSPS) is 10.4. The van der Waals surface area contributed by atoms with Gasteiger partial charge in [-0.15, -0.1) is 0 Å². The lowest BCUT2D eigenvalue weighted by Crippen LogP contribution is -2.24. The molecule has 7 nitrogen and oxygen atoms in total. The summed E-state index contributed by atoms with van der Waals surface area (Å²) in [6.07, 6.45) is 0. The van der Waals surface area contributed by atoms with Crippen molar-refractivity contribution >= 4 is 11.7 Å². The Morgan fingerprint density at radius 3 is 2.45 bits per heavy atom. The highest BCUT2D eigenvalue weighted by Crippen LogP contribution is 2.18. The van der Waals surface area contributed by atoms with E-state index in [0.717, 1.165) is 16.9 Å². The largest absolute Gasteiger partial charge is 0.497 e. The molecule has 0 radical (unpaired) electrons. The molecule has 2 N–H and O–H groups in total. The number of nitrogens with one attached hydrogen (secondary N) is 2. The van der Waals surface area contributed by atoms with Crippen LogP contribution in [0.4, 0.5) is 5.82 Å². The molecule has 0 atom stereocenters. The Balaban J connectivity index is 1.77. The molecule has 0 spiro atoms. The summed E-state index contributed by atoms with van der Waals surface area (Å²) in [7, 11) is 3.25. The molecule has 1 heterocycles. The number of anilines is 1. The summed E-state index contributed by atoms with van der Waals surface area (Å²) in [4.78, 5) is 21.7. The van der Waals surface area contributed by atoms with E-state index in [0.29, 0.717) is 37.0 Å². The number of methoxy groups -OCH3 is 2. The van der Waals surface area contributed by atoms with Crippen molar-refractivity contribution in [1.29, 1.82) is 0 Å². The number of ether oxygens (including phenoxy) is 2. The van der Waals surface area contributed by atoms with Gasteiger partial charge in [0.2, 0.25) is 0 Å². The van der Waals surface area contributed by atoms with Crippen LogP contribution in [0.5, 0.6) is 5.75 Å². The van der Waals surface area contributed by atoms with Gasteiger partial charge in [-0.25, -0.2) is 9.97 Å². The molecule has 0 unspecified atom stereocenters. The fourth-order valence-electron chi connectivity index (χ4n) is 2.67. The molecule has 2 aromatic carbocycles. The minimum Gasteiger partial charge on any atom is -0.497 e. The van der Waals surface area contributed by atoms with E-state index < -0.39 is 0 Å². The summed E-state index contributed by atoms with van der Waals surface area (Å²) in [5, 5.41) is 6.07. The molecule has 0 aliphatic carbocycles. The lowest BCUT2D eigenvalue weighted by Gasteiger charge is -2.11. The number of hydrogen-bond acceptors (Lipinski definition) is 6. The first kappa shape index (κ1) is 20.3. The molecule has 1 amide bonds. The number of benzene rings is 2. The summed E-state index contributed by atoms with van der Waals surface area (Å²) in [5.41, 5.74) is 2.11. The maximum atomic E-state index is 12.7. The third-order valence-corrected chi connectivity index (χ3v) is 4.22. The lowest BCUT2D eigenvalue weighted by molar-refractivity contribution is 0.0946. The van der Waals surface area contributed by atoms with E-state index in [1.165, 1.54) is 0 Å². The first-order valence-corrected chi connectivity index (χ1v) is 9.28. The summed E-state index contributed by atoms with van der Waals surface area (Å²) in [5.74, 6) is 1.57. The third-order valence-electron chi connectivity index (χ3n) is 4.22. The van der Waals surface area contributed by atoms with Crippen LogP contribution in [0.2, 0.25) is 0 Å². The van der Waals surface area contributed by atoms with Crippen LogP contribution in [0, 0.1) is 0 Å². The average molecular weight is 392 g/mol. The van der Waals surface area contributed by atoms with Crippen LogP contribution in [0.25, 0.3) is 11.4 Å². The van der Waals surface area contributed by atoms with Crippen LogP contribution in [0.3, 0.4) is 0 Å². The Hall–Kier alpha value is -3.45. The second-order valence-electron chi connectivity index (χ2n) is 6.28. The number of aromatic nitrogens is 2. The molecule has 150 valence electrons. The van der Waals surface area contributed by atoms with Crippen LogP contribution < -0.4 is 15.4 Å². The van der Waals surface area contributed by atoms with Crippen molar-refractivity contribution in [2.45, 2.75) is 6.54 Å². The highest BCUT2D eigenvalue weighted by atomic mass is 16.5. The Bertz CT molecular complexity index is 931. The topological polar surface area (TPSA) is 85.4 Å². The Morgan fingerprint density at radius 1 is 1.00 bits per heavy atom. The molecular formula is C22H24N4O3. The molecule has 0 saturated carbocycles. The molecule has 1 aromatic heterocycles. The van der Waals surface area contributed by atoms with Crippen molar-refractivity contribution in [3.8, 4) is 17.1 Å². The minimum atomic E-state index is -0.268. The Kier molecular flexibility index (Phi) is 7.13. The van der Waals surface area contributed by atoms with Crippen LogP contribution in [-0.2, 0) is 11.3 Å². The summed E-state index contributed by atoms with van der Waals surface area (Å²) >= 11 is 0. The first-order chi connectivity index (χ1) is 14.2. The highest BCUT2D eigenvalue weighted by molar-refractivity contribution is 5.93. The van der Waals surface area contributed by atoms with Gasteiger partial charge in [0.15, 0.2) is 5.82 Å². The highest BCUT2D eigenvalue weighted by Gasteiger charge is 2.13. The zero-order chi connectivity index (χ0) is 20.5. The van der Waals surface area contributed by atoms with Crippen molar-refractivity contribution in [2.24, 2.45) is 0 Å². The van der Waals surface area contributed by atoms with E-state index in [1.54, 1.807) is 20.3 Å². The van der Waals surface area contributed by atoms with Gasteiger partial charge in [0.1, 0.15) is 17.3 Å². The van der Waals surface area contributed by atoms with Crippen molar-refractivity contribution in [1.82, 2.24) is 15.3 Å². The number of nitrogens with zero attached hydrogens (tertiary/aromatic N) is 2. The standard InChI is InChI=1S/C22H24N4O3/c1-28-13-12-23-20-14-19(25-21(26-20)17-6-4-3-5-7-17)22(27)24-15-16-8-10-18(29-2)11-9-16/h3-11,14H,12-13,15H2,1-2H3,(H,24,27)(H,23,25,26). The fourth-order valence-corrected chi connectivity index (χ4v) is 2.67. The fraction of sp³-hybridized carbons (Fsp3) is 0.227. The maximum Gasteiger partial charge on any atom is 0.270 e. The predicted molar refractivity (Wildman–Crippen MR) is 112 cm³/mol. The van der Waals surface area contributed by atoms with E-state index in [2.05, 4.69) is 20.6 Å². The van der Waals surface area contributed by atoms with Gasteiger partial charge < -0.3 is 20.1 Å². The average Bonchev–Trinajstić information content (AvgIpc) is 2.78. The predicted octanol–water partition coefficient (Wildman–Crippen LogP) is 3.14. The Labute approximate surface area is 170 Å². The van der Waals surface area contributed by atoms with Gasteiger partial charge in [0, 0.05) is 31.8 Å². The molecule has 3 aromatic rings. The van der Waals surface area contributed by atoms with Gasteiger partial charge in [0.25, 0.3) is 5.91 Å². The van der Waals surface area contributed by atoms with Crippen LogP contribution in [-0.4, -0.2) is 43.2 Å². The van der Waals surface area contributed by atoms with Gasteiger partial charge in [-0.05, 0) is 17.7 Å². The van der Waals surface area contributed by atoms with Crippen LogP contribution >= 0.6 is 0 Å². The summed E-state index contributed by atoms with van der Waals surface area (Å²) in [6.45, 7) is 1.50. The molecule has 29 heavy (non-hydrogen) atoms. The number of amides is 1. The lowest BCUT2D eigenvalue weighted by atomic mass is 10.2. The quantitative estimate of drug-likeness (QED) is 0.544. The molecular weight excluding hydrogens is 368 g/mol. The van der Waals surface area contributed by atoms with Crippen molar-refractivity contribution in [3.63, 3.8) is 0 Å². The number of carbonyl (C=O) groups excluding carboxylic acids is 1. The first-order valence-electron chi connectivity index (χ1n) is 9.28. The second kappa shape index (κ2) is 10.2. The summed E-state index contributed by atoms with van der Waals surface area (Å²) < 4.78 is 10.2. The minimum absolute atomic E-state index is 0.268. The second-order valence-corrected chi connectivity index (χ2v) is 6.28. The molecule has 7 heteroatoms. The molecule has 0 fully saturated rings. The van der Waals surface area contributed by atoms with E-state index in [1.807, 2.05) is 54.6 Å². The van der Waals surface area contributed by atoms with Gasteiger partial charge >= 0.3 is 0 Å². The van der Waals surface area contributed by atoms with Crippen molar-refractivity contribution in [2.75, 3.05) is 32.7 Å². The monoisotopic (exact) mass is 392 g/mol. The van der Waals surface area contributed by atoms with Crippen molar-refractivity contribution in [3.05, 3.63) is 71.9 Å². The molecule has 0 saturated heterocycles. The van der Waals surface area contributed by atoms with Gasteiger partial charge in [-0.1, -0.05) is 42.5 Å². The van der Waals surface area contributed by atoms with E-state index in [9.17, 15) is 4.79 Å². The van der Waals surface area contributed by atoms with Gasteiger partial charge in [-0.2, -0.15) is 0 Å². The zero-order valence-corrected chi connectivity index (χ0v) is 16.5. The SMILES string of the molecule is COCCNc1cc(C(=O)NCc2ccc(OC)cc2)nc(-c2ccccc2)n1. The zero-order valence-electron chi connectivity index (χ0n) is 16.5. The molecule has 0 bridgehead atoms. The van der Waals surface area contributed by atoms with E-state index in [4.69, 9.17) is 9.47 Å².